The standard InChI is InChI=1S/C13H18F2N2O/c1-3-7-13(2,16)12(18)17-10-6-4-5-9(8-10)11(14)15/h4-6,8,11H,3,7,16H2,1-2H3,(H,17,18). The molecular formula is C13H18F2N2O. The van der Waals surface area contributed by atoms with E-state index in [0.29, 0.717) is 12.1 Å². The van der Waals surface area contributed by atoms with Crippen LogP contribution in [-0.4, -0.2) is 11.4 Å². The van der Waals surface area contributed by atoms with Crippen molar-refractivity contribution in [3.05, 3.63) is 29.8 Å². The number of carbonyl (C=O) groups is 1. The summed E-state index contributed by atoms with van der Waals surface area (Å²) in [6.07, 6.45) is -1.24. The van der Waals surface area contributed by atoms with Crippen LogP contribution >= 0.6 is 0 Å². The predicted octanol–water partition coefficient (Wildman–Crippen LogP) is 3.08. The topological polar surface area (TPSA) is 55.1 Å². The van der Waals surface area contributed by atoms with Crippen LogP contribution in [0.2, 0.25) is 0 Å². The smallest absolute Gasteiger partial charge is 0.263 e. The first-order valence-electron chi connectivity index (χ1n) is 5.85. The number of benzene rings is 1. The van der Waals surface area contributed by atoms with E-state index in [1.54, 1.807) is 13.0 Å². The Kier molecular flexibility index (Phi) is 4.78. The molecule has 5 heteroatoms. The molecular weight excluding hydrogens is 238 g/mol. The summed E-state index contributed by atoms with van der Waals surface area (Å²) < 4.78 is 25.0. The van der Waals surface area contributed by atoms with Crippen molar-refractivity contribution < 1.29 is 13.6 Å². The largest absolute Gasteiger partial charge is 0.324 e. The molecule has 1 unspecified atom stereocenters. The summed E-state index contributed by atoms with van der Waals surface area (Å²) in [4.78, 5) is 11.9. The number of nitrogens with two attached hydrogens (primary N) is 1. The molecule has 3 N–H and O–H groups in total. The number of alkyl halides is 2. The molecule has 0 spiro atoms. The maximum absolute atomic E-state index is 12.5. The fourth-order valence-corrected chi connectivity index (χ4v) is 1.66. The summed E-state index contributed by atoms with van der Waals surface area (Å²) in [7, 11) is 0. The molecule has 1 rings (SSSR count). The van der Waals surface area contributed by atoms with E-state index in [2.05, 4.69) is 5.32 Å². The van der Waals surface area contributed by atoms with E-state index in [0.717, 1.165) is 6.42 Å². The molecule has 3 nitrogen and oxygen atoms in total. The first-order valence-corrected chi connectivity index (χ1v) is 5.85. The quantitative estimate of drug-likeness (QED) is 0.850. The fourth-order valence-electron chi connectivity index (χ4n) is 1.66. The van der Waals surface area contributed by atoms with Gasteiger partial charge in [-0.2, -0.15) is 0 Å². The Hall–Kier alpha value is -1.49. The minimum Gasteiger partial charge on any atom is -0.324 e. The number of hydrogen-bond donors (Lipinski definition) is 2. The number of anilines is 1. The third-order valence-electron chi connectivity index (χ3n) is 2.68. The Balaban J connectivity index is 2.79. The zero-order valence-electron chi connectivity index (χ0n) is 10.5. The van der Waals surface area contributed by atoms with Crippen LogP contribution in [-0.2, 0) is 4.79 Å². The third-order valence-corrected chi connectivity index (χ3v) is 2.68. The molecule has 0 aromatic heterocycles. The maximum atomic E-state index is 12.5. The van der Waals surface area contributed by atoms with Gasteiger partial charge < -0.3 is 11.1 Å². The van der Waals surface area contributed by atoms with E-state index in [1.807, 2.05) is 6.92 Å². The number of carbonyl (C=O) groups excluding carboxylic acids is 1. The first-order chi connectivity index (χ1) is 8.36. The summed E-state index contributed by atoms with van der Waals surface area (Å²) in [5, 5.41) is 2.56. The van der Waals surface area contributed by atoms with Crippen LogP contribution in [0.4, 0.5) is 14.5 Å². The highest BCUT2D eigenvalue weighted by Gasteiger charge is 2.27. The molecule has 0 aliphatic heterocycles. The molecule has 0 aliphatic carbocycles. The molecule has 0 bridgehead atoms. The minimum absolute atomic E-state index is 0.123. The van der Waals surface area contributed by atoms with Gasteiger partial charge in [0.2, 0.25) is 5.91 Å². The van der Waals surface area contributed by atoms with Gasteiger partial charge in [0.1, 0.15) is 0 Å². The van der Waals surface area contributed by atoms with E-state index in [4.69, 9.17) is 5.73 Å². The molecule has 0 heterocycles. The van der Waals surface area contributed by atoms with Crippen molar-refractivity contribution >= 4 is 11.6 Å². The Morgan fingerprint density at radius 2 is 2.17 bits per heavy atom. The van der Waals surface area contributed by atoms with E-state index < -0.39 is 12.0 Å². The maximum Gasteiger partial charge on any atom is 0.263 e. The summed E-state index contributed by atoms with van der Waals surface area (Å²) in [5.41, 5.74) is 5.08. The summed E-state index contributed by atoms with van der Waals surface area (Å²) in [6.45, 7) is 3.55. The molecule has 0 radical (unpaired) electrons. The number of halogens is 2. The first kappa shape index (κ1) is 14.6. The third kappa shape index (κ3) is 3.77. The molecule has 0 aliphatic rings. The van der Waals surface area contributed by atoms with Crippen molar-refractivity contribution in [2.75, 3.05) is 5.32 Å². The van der Waals surface area contributed by atoms with Crippen LogP contribution in [0.5, 0.6) is 0 Å². The Labute approximate surface area is 105 Å². The Bertz CT molecular complexity index is 419. The lowest BCUT2D eigenvalue weighted by molar-refractivity contribution is -0.120. The molecule has 1 amide bonds. The zero-order valence-corrected chi connectivity index (χ0v) is 10.5. The zero-order chi connectivity index (χ0) is 13.8. The molecule has 0 saturated heterocycles. The van der Waals surface area contributed by atoms with Crippen LogP contribution in [0.15, 0.2) is 24.3 Å². The molecule has 18 heavy (non-hydrogen) atoms. The van der Waals surface area contributed by atoms with Gasteiger partial charge in [0, 0.05) is 11.3 Å². The number of amides is 1. The van der Waals surface area contributed by atoms with Gasteiger partial charge in [-0.15, -0.1) is 0 Å². The molecule has 0 saturated carbocycles. The Morgan fingerprint density at radius 3 is 2.72 bits per heavy atom. The van der Waals surface area contributed by atoms with Gasteiger partial charge in [-0.3, -0.25) is 4.79 Å². The lowest BCUT2D eigenvalue weighted by Crippen LogP contribution is -2.48. The van der Waals surface area contributed by atoms with Gasteiger partial charge in [-0.1, -0.05) is 25.5 Å². The van der Waals surface area contributed by atoms with Gasteiger partial charge in [0.25, 0.3) is 6.43 Å². The van der Waals surface area contributed by atoms with Gasteiger partial charge >= 0.3 is 0 Å². The van der Waals surface area contributed by atoms with Crippen molar-refractivity contribution in [1.29, 1.82) is 0 Å². The van der Waals surface area contributed by atoms with Crippen LogP contribution in [0, 0.1) is 0 Å². The SMILES string of the molecule is CCCC(C)(N)C(=O)Nc1cccc(C(F)F)c1. The molecule has 1 atom stereocenters. The fraction of sp³-hybridized carbons (Fsp3) is 0.462. The highest BCUT2D eigenvalue weighted by atomic mass is 19.3. The van der Waals surface area contributed by atoms with Crippen molar-refractivity contribution in [2.45, 2.75) is 38.7 Å². The van der Waals surface area contributed by atoms with E-state index in [1.165, 1.54) is 18.2 Å². The highest BCUT2D eigenvalue weighted by molar-refractivity contribution is 5.97. The monoisotopic (exact) mass is 256 g/mol. The molecule has 0 fully saturated rings. The van der Waals surface area contributed by atoms with Crippen LogP contribution in [0.25, 0.3) is 0 Å². The van der Waals surface area contributed by atoms with Crippen LogP contribution in [0.1, 0.15) is 38.7 Å². The van der Waals surface area contributed by atoms with Gasteiger partial charge in [0.15, 0.2) is 0 Å². The molecule has 1 aromatic carbocycles. The van der Waals surface area contributed by atoms with Crippen molar-refractivity contribution in [1.82, 2.24) is 0 Å². The predicted molar refractivity (Wildman–Crippen MR) is 67.5 cm³/mol. The second-order valence-corrected chi connectivity index (χ2v) is 4.55. The number of hydrogen-bond acceptors (Lipinski definition) is 2. The average Bonchev–Trinajstić information content (AvgIpc) is 2.29. The second kappa shape index (κ2) is 5.91. The molecule has 100 valence electrons. The van der Waals surface area contributed by atoms with Crippen molar-refractivity contribution in [2.24, 2.45) is 5.73 Å². The molecule has 1 aromatic rings. The van der Waals surface area contributed by atoms with Crippen molar-refractivity contribution in [3.8, 4) is 0 Å². The van der Waals surface area contributed by atoms with Crippen LogP contribution in [0.3, 0.4) is 0 Å². The lowest BCUT2D eigenvalue weighted by Gasteiger charge is -2.23. The summed E-state index contributed by atoms with van der Waals surface area (Å²) in [6, 6.07) is 5.61. The van der Waals surface area contributed by atoms with Gasteiger partial charge in [0.05, 0.1) is 5.54 Å². The highest BCUT2D eigenvalue weighted by Crippen LogP contribution is 2.22. The van der Waals surface area contributed by atoms with Gasteiger partial charge in [-0.25, -0.2) is 8.78 Å². The van der Waals surface area contributed by atoms with E-state index in [-0.39, 0.29) is 11.5 Å². The lowest BCUT2D eigenvalue weighted by atomic mass is 9.96. The van der Waals surface area contributed by atoms with E-state index in [9.17, 15) is 13.6 Å². The Morgan fingerprint density at radius 1 is 1.50 bits per heavy atom. The average molecular weight is 256 g/mol. The minimum atomic E-state index is -2.55. The number of rotatable bonds is 5. The second-order valence-electron chi connectivity index (χ2n) is 4.55. The van der Waals surface area contributed by atoms with Gasteiger partial charge in [-0.05, 0) is 25.5 Å². The van der Waals surface area contributed by atoms with Crippen molar-refractivity contribution in [3.63, 3.8) is 0 Å². The summed E-state index contributed by atoms with van der Waals surface area (Å²) >= 11 is 0. The van der Waals surface area contributed by atoms with E-state index >= 15 is 0 Å². The van der Waals surface area contributed by atoms with Crippen LogP contribution < -0.4 is 11.1 Å². The summed E-state index contributed by atoms with van der Waals surface area (Å²) in [5.74, 6) is -0.365. The normalized spacial score (nSPS) is 14.3. The number of nitrogens with one attached hydrogen (secondary N) is 1.